The average Bonchev–Trinajstić information content (AvgIpc) is 2.75. The van der Waals surface area contributed by atoms with Crippen molar-refractivity contribution in [3.63, 3.8) is 0 Å². The first kappa shape index (κ1) is 27.4. The summed E-state index contributed by atoms with van der Waals surface area (Å²) in [6, 6.07) is 14.2. The van der Waals surface area contributed by atoms with Crippen LogP contribution in [0.5, 0.6) is 0 Å². The highest BCUT2D eigenvalue weighted by Gasteiger charge is 2.31. The van der Waals surface area contributed by atoms with Gasteiger partial charge in [0.1, 0.15) is 12.6 Å². The first-order chi connectivity index (χ1) is 15.8. The Morgan fingerprint density at radius 3 is 2.15 bits per heavy atom. The Morgan fingerprint density at radius 2 is 1.68 bits per heavy atom. The fraction of sp³-hybridized carbons (Fsp3) is 0.462. The fourth-order valence-corrected chi connectivity index (χ4v) is 4.68. The number of likely N-dealkylation sites (N-methyl/N-ethyl adjacent to an activating group) is 1. The van der Waals surface area contributed by atoms with Gasteiger partial charge < -0.3 is 10.2 Å². The predicted molar refractivity (Wildman–Crippen MR) is 137 cm³/mol. The number of hydrogen-bond acceptors (Lipinski definition) is 4. The minimum atomic E-state index is -3.75. The van der Waals surface area contributed by atoms with E-state index < -0.39 is 28.5 Å². The minimum Gasteiger partial charge on any atom is -0.357 e. The molecule has 8 heteroatoms. The Balaban J connectivity index is 2.43. The van der Waals surface area contributed by atoms with Crippen LogP contribution in [0, 0.1) is 6.92 Å². The van der Waals surface area contributed by atoms with Crippen molar-refractivity contribution in [2.45, 2.75) is 59.0 Å². The van der Waals surface area contributed by atoms with Crippen molar-refractivity contribution in [2.24, 2.45) is 0 Å². The number of carbonyl (C=O) groups is 2. The second kappa shape index (κ2) is 11.0. The van der Waals surface area contributed by atoms with Crippen LogP contribution < -0.4 is 9.62 Å². The number of aryl methyl sites for hydroxylation is 1. The molecule has 2 amide bonds. The van der Waals surface area contributed by atoms with Crippen LogP contribution in [0.25, 0.3) is 0 Å². The van der Waals surface area contributed by atoms with Crippen molar-refractivity contribution in [3.8, 4) is 0 Å². The lowest BCUT2D eigenvalue weighted by Crippen LogP contribution is -2.51. The van der Waals surface area contributed by atoms with Gasteiger partial charge in [-0.3, -0.25) is 13.9 Å². The summed E-state index contributed by atoms with van der Waals surface area (Å²) in [5, 5.41) is 2.62. The molecular weight excluding hydrogens is 450 g/mol. The van der Waals surface area contributed by atoms with E-state index in [9.17, 15) is 18.0 Å². The summed E-state index contributed by atoms with van der Waals surface area (Å²) in [4.78, 5) is 27.6. The summed E-state index contributed by atoms with van der Waals surface area (Å²) < 4.78 is 26.5. The molecule has 0 aliphatic carbocycles. The van der Waals surface area contributed by atoms with Gasteiger partial charge in [-0.2, -0.15) is 0 Å². The monoisotopic (exact) mass is 487 g/mol. The zero-order valence-corrected chi connectivity index (χ0v) is 22.1. The van der Waals surface area contributed by atoms with Crippen molar-refractivity contribution in [2.75, 3.05) is 24.2 Å². The third-order valence-electron chi connectivity index (χ3n) is 5.77. The first-order valence-electron chi connectivity index (χ1n) is 11.4. The van der Waals surface area contributed by atoms with Gasteiger partial charge in [-0.15, -0.1) is 0 Å². The minimum absolute atomic E-state index is 0.0866. The van der Waals surface area contributed by atoms with E-state index in [1.807, 2.05) is 50.2 Å². The maximum absolute atomic E-state index is 13.5. The smallest absolute Gasteiger partial charge is 0.244 e. The van der Waals surface area contributed by atoms with Crippen LogP contribution in [0.3, 0.4) is 0 Å². The molecule has 0 fully saturated rings. The van der Waals surface area contributed by atoms with Gasteiger partial charge in [-0.05, 0) is 42.0 Å². The molecule has 1 atom stereocenters. The second-order valence-corrected chi connectivity index (χ2v) is 11.5. The maximum atomic E-state index is 13.5. The SMILES string of the molecule is CC[C@H](C(=O)NC)N(Cc1cccc(C)c1)C(=O)CN(c1ccc(C(C)(C)C)cc1)S(C)(=O)=O. The number of rotatable bonds is 9. The van der Waals surface area contributed by atoms with E-state index >= 15 is 0 Å². The lowest BCUT2D eigenvalue weighted by Gasteiger charge is -2.32. The number of hydrogen-bond donors (Lipinski definition) is 1. The van der Waals surface area contributed by atoms with Gasteiger partial charge in [0, 0.05) is 13.6 Å². The number of carbonyl (C=O) groups excluding carboxylic acids is 2. The number of anilines is 1. The van der Waals surface area contributed by atoms with Crippen LogP contribution in [-0.2, 0) is 31.6 Å². The summed E-state index contributed by atoms with van der Waals surface area (Å²) >= 11 is 0. The van der Waals surface area contributed by atoms with E-state index in [-0.39, 0.29) is 17.9 Å². The van der Waals surface area contributed by atoms with Gasteiger partial charge in [0.2, 0.25) is 21.8 Å². The molecule has 1 N–H and O–H groups in total. The molecule has 0 radical (unpaired) electrons. The lowest BCUT2D eigenvalue weighted by atomic mass is 9.87. The van der Waals surface area contributed by atoms with Gasteiger partial charge in [-0.1, -0.05) is 69.7 Å². The quantitative estimate of drug-likeness (QED) is 0.585. The van der Waals surface area contributed by atoms with Gasteiger partial charge >= 0.3 is 0 Å². The van der Waals surface area contributed by atoms with Crippen molar-refractivity contribution < 1.29 is 18.0 Å². The molecule has 2 aromatic rings. The highest BCUT2D eigenvalue weighted by molar-refractivity contribution is 7.92. The van der Waals surface area contributed by atoms with Gasteiger partial charge in [0.25, 0.3) is 0 Å². The van der Waals surface area contributed by atoms with Crippen molar-refractivity contribution >= 4 is 27.5 Å². The van der Waals surface area contributed by atoms with Gasteiger partial charge in [-0.25, -0.2) is 8.42 Å². The normalized spacial score (nSPS) is 12.7. The topological polar surface area (TPSA) is 86.8 Å². The average molecular weight is 488 g/mol. The Bertz CT molecular complexity index is 1110. The first-order valence-corrected chi connectivity index (χ1v) is 13.3. The van der Waals surface area contributed by atoms with Crippen LogP contribution in [0.1, 0.15) is 50.8 Å². The number of benzene rings is 2. The number of amides is 2. The van der Waals surface area contributed by atoms with Gasteiger partial charge in [0.15, 0.2) is 0 Å². The maximum Gasteiger partial charge on any atom is 0.244 e. The van der Waals surface area contributed by atoms with E-state index in [4.69, 9.17) is 0 Å². The molecule has 0 aromatic heterocycles. The van der Waals surface area contributed by atoms with E-state index in [0.717, 1.165) is 27.3 Å². The molecule has 7 nitrogen and oxygen atoms in total. The Labute approximate surface area is 204 Å². The predicted octanol–water partition coefficient (Wildman–Crippen LogP) is 3.61. The summed E-state index contributed by atoms with van der Waals surface area (Å²) in [6.07, 6.45) is 1.48. The second-order valence-electron chi connectivity index (χ2n) is 9.62. The highest BCUT2D eigenvalue weighted by Crippen LogP contribution is 2.26. The standard InChI is InChI=1S/C26H37N3O4S/c1-8-23(25(31)27-6)28(17-20-11-9-10-19(2)16-20)24(30)18-29(34(7,32)33)22-14-12-21(13-15-22)26(3,4)5/h9-16,23H,8,17-18H2,1-7H3,(H,27,31)/t23-/m1/s1. The molecule has 2 aromatic carbocycles. The third kappa shape index (κ3) is 7.06. The number of nitrogens with zero attached hydrogens (tertiary/aromatic N) is 2. The molecule has 0 bridgehead atoms. The van der Waals surface area contributed by atoms with Crippen LogP contribution in [-0.4, -0.2) is 51.0 Å². The van der Waals surface area contributed by atoms with E-state index in [1.165, 1.54) is 11.9 Å². The lowest BCUT2D eigenvalue weighted by molar-refractivity contribution is -0.140. The molecule has 0 saturated carbocycles. The van der Waals surface area contributed by atoms with Crippen LogP contribution in [0.15, 0.2) is 48.5 Å². The molecular formula is C26H37N3O4S. The third-order valence-corrected chi connectivity index (χ3v) is 6.91. The van der Waals surface area contributed by atoms with E-state index in [2.05, 4.69) is 26.1 Å². The van der Waals surface area contributed by atoms with E-state index in [1.54, 1.807) is 12.1 Å². The Hall–Kier alpha value is -2.87. The molecule has 186 valence electrons. The summed E-state index contributed by atoms with van der Waals surface area (Å²) in [5.41, 5.74) is 3.29. The molecule has 0 spiro atoms. The summed E-state index contributed by atoms with van der Waals surface area (Å²) in [5.74, 6) is -0.730. The van der Waals surface area contributed by atoms with Crippen molar-refractivity contribution in [3.05, 3.63) is 65.2 Å². The molecule has 34 heavy (non-hydrogen) atoms. The molecule has 0 saturated heterocycles. The molecule has 0 unspecified atom stereocenters. The van der Waals surface area contributed by atoms with Crippen molar-refractivity contribution in [1.29, 1.82) is 0 Å². The zero-order chi connectivity index (χ0) is 25.7. The van der Waals surface area contributed by atoms with Gasteiger partial charge in [0.05, 0.1) is 11.9 Å². The zero-order valence-electron chi connectivity index (χ0n) is 21.3. The summed E-state index contributed by atoms with van der Waals surface area (Å²) in [7, 11) is -2.22. The summed E-state index contributed by atoms with van der Waals surface area (Å²) in [6.45, 7) is 9.82. The van der Waals surface area contributed by atoms with Crippen LogP contribution >= 0.6 is 0 Å². The number of sulfonamides is 1. The van der Waals surface area contributed by atoms with E-state index in [0.29, 0.717) is 12.1 Å². The van der Waals surface area contributed by atoms with Crippen LogP contribution in [0.4, 0.5) is 5.69 Å². The molecule has 0 aliphatic heterocycles. The van der Waals surface area contributed by atoms with Crippen LogP contribution in [0.2, 0.25) is 0 Å². The molecule has 2 rings (SSSR count). The molecule has 0 heterocycles. The fourth-order valence-electron chi connectivity index (χ4n) is 3.83. The Kier molecular flexibility index (Phi) is 8.89. The number of nitrogens with one attached hydrogen (secondary N) is 1. The highest BCUT2D eigenvalue weighted by atomic mass is 32.2. The Morgan fingerprint density at radius 1 is 1.06 bits per heavy atom. The molecule has 0 aliphatic rings. The largest absolute Gasteiger partial charge is 0.357 e. The van der Waals surface area contributed by atoms with Crippen molar-refractivity contribution in [1.82, 2.24) is 10.2 Å².